The predicted octanol–water partition coefficient (Wildman–Crippen LogP) is 5.49. The van der Waals surface area contributed by atoms with Gasteiger partial charge in [0.15, 0.2) is 5.82 Å². The van der Waals surface area contributed by atoms with Crippen LogP contribution in [0.25, 0.3) is 5.82 Å². The van der Waals surface area contributed by atoms with E-state index in [0.717, 1.165) is 17.0 Å². The SMILES string of the molecule is Cc1nn(-c2cc(Oc3ccc(NS(=O)(=O)c4cc(Cl)ccc4Cl)cc3)ncn2)c(C)c1C. The van der Waals surface area contributed by atoms with Crippen LogP contribution in [0.1, 0.15) is 17.0 Å². The number of sulfonamides is 1. The van der Waals surface area contributed by atoms with Crippen molar-refractivity contribution in [2.75, 3.05) is 4.72 Å². The van der Waals surface area contributed by atoms with Gasteiger partial charge in [-0.1, -0.05) is 23.2 Å². The lowest BCUT2D eigenvalue weighted by molar-refractivity contribution is 0.460. The van der Waals surface area contributed by atoms with Gasteiger partial charge in [-0.3, -0.25) is 4.72 Å². The first kappa shape index (κ1) is 23.0. The van der Waals surface area contributed by atoms with Crippen LogP contribution in [0.2, 0.25) is 10.0 Å². The van der Waals surface area contributed by atoms with Crippen molar-refractivity contribution >= 4 is 38.9 Å². The Labute approximate surface area is 201 Å². The lowest BCUT2D eigenvalue weighted by Crippen LogP contribution is -2.13. The molecule has 0 unspecified atom stereocenters. The molecule has 2 aromatic carbocycles. The molecule has 0 amide bonds. The number of ether oxygens (including phenoxy) is 1. The van der Waals surface area contributed by atoms with Crippen molar-refractivity contribution in [2.24, 2.45) is 0 Å². The number of rotatable bonds is 6. The van der Waals surface area contributed by atoms with E-state index in [4.69, 9.17) is 27.9 Å². The number of anilines is 1. The largest absolute Gasteiger partial charge is 0.439 e. The molecule has 8 nitrogen and oxygen atoms in total. The van der Waals surface area contributed by atoms with E-state index in [1.165, 1.54) is 24.5 Å². The Hall–Kier alpha value is -3.14. The van der Waals surface area contributed by atoms with Gasteiger partial charge in [-0.15, -0.1) is 0 Å². The zero-order chi connectivity index (χ0) is 23.8. The Bertz CT molecular complexity index is 1440. The highest BCUT2D eigenvalue weighted by molar-refractivity contribution is 7.92. The van der Waals surface area contributed by atoms with Crippen LogP contribution >= 0.6 is 23.2 Å². The molecule has 0 bridgehead atoms. The fourth-order valence-electron chi connectivity index (χ4n) is 3.05. The number of hydrogen-bond acceptors (Lipinski definition) is 6. The Morgan fingerprint density at radius 3 is 2.36 bits per heavy atom. The molecule has 4 rings (SSSR count). The zero-order valence-corrected chi connectivity index (χ0v) is 20.2. The minimum absolute atomic E-state index is 0.0734. The van der Waals surface area contributed by atoms with Crippen molar-refractivity contribution in [3.8, 4) is 17.4 Å². The molecule has 0 saturated carbocycles. The van der Waals surface area contributed by atoms with Crippen LogP contribution in [0.3, 0.4) is 0 Å². The van der Waals surface area contributed by atoms with Crippen molar-refractivity contribution in [1.29, 1.82) is 0 Å². The van der Waals surface area contributed by atoms with Gasteiger partial charge < -0.3 is 4.74 Å². The molecule has 0 atom stereocenters. The molecule has 2 heterocycles. The molecule has 0 radical (unpaired) electrons. The molecule has 0 aliphatic heterocycles. The van der Waals surface area contributed by atoms with Gasteiger partial charge in [0.2, 0.25) is 5.88 Å². The quantitative estimate of drug-likeness (QED) is 0.373. The van der Waals surface area contributed by atoms with Gasteiger partial charge >= 0.3 is 0 Å². The molecule has 0 fully saturated rings. The van der Waals surface area contributed by atoms with E-state index in [1.54, 1.807) is 35.0 Å². The van der Waals surface area contributed by atoms with Crippen LogP contribution < -0.4 is 9.46 Å². The number of halogens is 2. The summed E-state index contributed by atoms with van der Waals surface area (Å²) in [5.41, 5.74) is 3.33. The van der Waals surface area contributed by atoms with Crippen LogP contribution in [0.15, 0.2) is 59.8 Å². The molecule has 170 valence electrons. The van der Waals surface area contributed by atoms with Crippen molar-refractivity contribution in [2.45, 2.75) is 25.7 Å². The highest BCUT2D eigenvalue weighted by Gasteiger charge is 2.19. The summed E-state index contributed by atoms with van der Waals surface area (Å²) in [5, 5.41) is 4.84. The highest BCUT2D eigenvalue weighted by atomic mass is 35.5. The first-order chi connectivity index (χ1) is 15.6. The van der Waals surface area contributed by atoms with E-state index in [0.29, 0.717) is 23.1 Å². The standard InChI is InChI=1S/C22H19Cl2N5O3S/c1-13-14(2)27-29(15(13)3)21-11-22(26-12-25-21)32-18-7-5-17(6-8-18)28-33(30,31)20-10-16(23)4-9-19(20)24/h4-12,28H,1-3H3. The fourth-order valence-corrected chi connectivity index (χ4v) is 4.87. The maximum absolute atomic E-state index is 12.7. The Balaban J connectivity index is 1.51. The summed E-state index contributed by atoms with van der Waals surface area (Å²) in [4.78, 5) is 8.31. The smallest absolute Gasteiger partial charge is 0.263 e. The zero-order valence-electron chi connectivity index (χ0n) is 17.9. The van der Waals surface area contributed by atoms with Gasteiger partial charge in [-0.2, -0.15) is 5.10 Å². The number of benzene rings is 2. The summed E-state index contributed by atoms with van der Waals surface area (Å²) >= 11 is 11.9. The summed E-state index contributed by atoms with van der Waals surface area (Å²) in [6, 6.07) is 12.3. The first-order valence-corrected chi connectivity index (χ1v) is 12.0. The number of aryl methyl sites for hydroxylation is 1. The Morgan fingerprint density at radius 1 is 0.970 bits per heavy atom. The van der Waals surface area contributed by atoms with Crippen molar-refractivity contribution in [1.82, 2.24) is 19.7 Å². The Morgan fingerprint density at radius 2 is 1.70 bits per heavy atom. The first-order valence-electron chi connectivity index (χ1n) is 9.75. The summed E-state index contributed by atoms with van der Waals surface area (Å²) < 4.78 is 35.4. The van der Waals surface area contributed by atoms with Gasteiger partial charge in [0.25, 0.3) is 10.0 Å². The molecule has 2 aromatic heterocycles. The third-order valence-electron chi connectivity index (χ3n) is 5.01. The fraction of sp³-hybridized carbons (Fsp3) is 0.136. The molecule has 33 heavy (non-hydrogen) atoms. The summed E-state index contributed by atoms with van der Waals surface area (Å²) in [6.07, 6.45) is 1.40. The van der Waals surface area contributed by atoms with E-state index in [2.05, 4.69) is 19.8 Å². The molecular weight excluding hydrogens is 485 g/mol. The number of nitrogens with zero attached hydrogens (tertiary/aromatic N) is 4. The molecule has 4 aromatic rings. The van der Waals surface area contributed by atoms with Crippen LogP contribution in [-0.2, 0) is 10.0 Å². The molecule has 11 heteroatoms. The normalized spacial score (nSPS) is 11.4. The van der Waals surface area contributed by atoms with E-state index in [9.17, 15) is 8.42 Å². The van der Waals surface area contributed by atoms with Crippen molar-refractivity contribution in [3.05, 3.63) is 81.9 Å². The minimum atomic E-state index is -3.92. The third-order valence-corrected chi connectivity index (χ3v) is 7.11. The molecular formula is C22H19Cl2N5O3S. The monoisotopic (exact) mass is 503 g/mol. The molecule has 0 aliphatic rings. The predicted molar refractivity (Wildman–Crippen MR) is 127 cm³/mol. The summed E-state index contributed by atoms with van der Waals surface area (Å²) in [7, 11) is -3.92. The van der Waals surface area contributed by atoms with Gasteiger partial charge in [0.1, 0.15) is 17.0 Å². The Kier molecular flexibility index (Phi) is 6.29. The van der Waals surface area contributed by atoms with Crippen molar-refractivity contribution < 1.29 is 13.2 Å². The van der Waals surface area contributed by atoms with Gasteiger partial charge in [-0.05, 0) is 68.8 Å². The number of aromatic nitrogens is 4. The maximum Gasteiger partial charge on any atom is 0.263 e. The van der Waals surface area contributed by atoms with Crippen LogP contribution in [0.4, 0.5) is 5.69 Å². The van der Waals surface area contributed by atoms with E-state index in [1.807, 2.05) is 20.8 Å². The second-order valence-corrected chi connectivity index (χ2v) is 9.72. The van der Waals surface area contributed by atoms with Gasteiger partial charge in [0.05, 0.1) is 10.7 Å². The van der Waals surface area contributed by atoms with E-state index >= 15 is 0 Å². The highest BCUT2D eigenvalue weighted by Crippen LogP contribution is 2.28. The maximum atomic E-state index is 12.7. The second kappa shape index (κ2) is 9.01. The molecule has 1 N–H and O–H groups in total. The number of nitrogens with one attached hydrogen (secondary N) is 1. The lowest BCUT2D eigenvalue weighted by Gasteiger charge is -2.11. The van der Waals surface area contributed by atoms with Crippen LogP contribution in [-0.4, -0.2) is 28.2 Å². The van der Waals surface area contributed by atoms with Gasteiger partial charge in [-0.25, -0.2) is 23.1 Å². The third kappa shape index (κ3) is 4.95. The summed E-state index contributed by atoms with van der Waals surface area (Å²) in [5.74, 6) is 1.37. The second-order valence-electron chi connectivity index (χ2n) is 7.23. The van der Waals surface area contributed by atoms with Gasteiger partial charge in [0, 0.05) is 22.5 Å². The summed E-state index contributed by atoms with van der Waals surface area (Å²) in [6.45, 7) is 5.91. The lowest BCUT2D eigenvalue weighted by atomic mass is 10.2. The molecule has 0 spiro atoms. The molecule has 0 saturated heterocycles. The number of hydrogen-bond donors (Lipinski definition) is 1. The average Bonchev–Trinajstić information content (AvgIpc) is 3.04. The minimum Gasteiger partial charge on any atom is -0.439 e. The average molecular weight is 504 g/mol. The van der Waals surface area contributed by atoms with E-state index < -0.39 is 10.0 Å². The van der Waals surface area contributed by atoms with Crippen molar-refractivity contribution in [3.63, 3.8) is 0 Å². The van der Waals surface area contributed by atoms with Crippen LogP contribution in [0.5, 0.6) is 11.6 Å². The van der Waals surface area contributed by atoms with Crippen LogP contribution in [0, 0.1) is 20.8 Å². The van der Waals surface area contributed by atoms with E-state index in [-0.39, 0.29) is 14.9 Å². The topological polar surface area (TPSA) is 99.0 Å². The molecule has 0 aliphatic carbocycles.